The fourth-order valence-corrected chi connectivity index (χ4v) is 3.23. The highest BCUT2D eigenvalue weighted by molar-refractivity contribution is 7.98. The Morgan fingerprint density at radius 3 is 2.75 bits per heavy atom. The van der Waals surface area contributed by atoms with Crippen LogP contribution in [0.15, 0.2) is 52.4 Å². The third kappa shape index (κ3) is 4.14. The van der Waals surface area contributed by atoms with Crippen molar-refractivity contribution >= 4 is 23.4 Å². The van der Waals surface area contributed by atoms with Crippen LogP contribution in [0, 0.1) is 11.3 Å². The van der Waals surface area contributed by atoms with Crippen LogP contribution in [0.4, 0.5) is 0 Å². The maximum atomic E-state index is 12.3. The Morgan fingerprint density at radius 2 is 2.07 bits per heavy atom. The lowest BCUT2D eigenvalue weighted by Crippen LogP contribution is -2.15. The van der Waals surface area contributed by atoms with Gasteiger partial charge in [0.05, 0.1) is 7.11 Å². The van der Waals surface area contributed by atoms with E-state index in [0.717, 1.165) is 5.56 Å². The number of nitrogens with zero attached hydrogens (tertiary/aromatic N) is 2. The Labute approximate surface area is 171 Å². The number of para-hydroxylation sites is 1. The highest BCUT2D eigenvalue weighted by Crippen LogP contribution is 2.38. The smallest absolute Gasteiger partial charge is 0.270 e. The van der Waals surface area contributed by atoms with E-state index < -0.39 is 5.56 Å². The van der Waals surface area contributed by atoms with E-state index in [1.807, 2.05) is 18.2 Å². The molecule has 3 aromatic rings. The lowest BCUT2D eigenvalue weighted by molar-refractivity contribution is 0.285. The fraction of sp³-hybridized carbons (Fsp3) is 0.150. The number of ether oxygens (including phenoxy) is 2. The molecule has 0 spiro atoms. The normalized spacial score (nSPS) is 10.4. The molecule has 0 aliphatic rings. The first kappa shape index (κ1) is 19.8. The number of nitriles is 1. The van der Waals surface area contributed by atoms with Gasteiger partial charge in [0.2, 0.25) is 0 Å². The first-order valence-electron chi connectivity index (χ1n) is 8.20. The zero-order chi connectivity index (χ0) is 20.1. The molecule has 0 saturated heterocycles. The molecule has 6 nitrogen and oxygen atoms in total. The topological polar surface area (TPSA) is 88.0 Å². The summed E-state index contributed by atoms with van der Waals surface area (Å²) >= 11 is 7.31. The minimum Gasteiger partial charge on any atom is -0.493 e. The summed E-state index contributed by atoms with van der Waals surface area (Å²) in [4.78, 5) is 19.3. The second-order valence-corrected chi connectivity index (χ2v) is 6.90. The molecular formula is C20H16ClN3O3S. The van der Waals surface area contributed by atoms with Gasteiger partial charge in [0.1, 0.15) is 23.9 Å². The quantitative estimate of drug-likeness (QED) is 0.479. The van der Waals surface area contributed by atoms with Crippen molar-refractivity contribution in [1.29, 1.82) is 5.26 Å². The number of nitrogens with one attached hydrogen (secondary N) is 1. The van der Waals surface area contributed by atoms with Gasteiger partial charge in [-0.25, -0.2) is 4.98 Å². The van der Waals surface area contributed by atoms with E-state index in [1.54, 1.807) is 36.6 Å². The highest BCUT2D eigenvalue weighted by Gasteiger charge is 2.20. The second-order valence-electron chi connectivity index (χ2n) is 5.67. The molecule has 0 saturated carbocycles. The van der Waals surface area contributed by atoms with Gasteiger partial charge >= 0.3 is 0 Å². The maximum Gasteiger partial charge on any atom is 0.270 e. The second kappa shape index (κ2) is 8.83. The van der Waals surface area contributed by atoms with Gasteiger partial charge in [-0.2, -0.15) is 5.26 Å². The number of rotatable bonds is 6. The molecule has 0 fully saturated rings. The van der Waals surface area contributed by atoms with Gasteiger partial charge in [-0.1, -0.05) is 41.6 Å². The SMILES string of the molecule is COc1cccc(-c2nc(SC)[nH]c(=O)c2C#N)c1OCc1cccc(Cl)c1. The predicted octanol–water partition coefficient (Wildman–Crippen LogP) is 4.27. The van der Waals surface area contributed by atoms with Crippen LogP contribution < -0.4 is 15.0 Å². The zero-order valence-electron chi connectivity index (χ0n) is 15.2. The first-order valence-corrected chi connectivity index (χ1v) is 9.80. The third-order valence-corrected chi connectivity index (χ3v) is 4.74. The maximum absolute atomic E-state index is 12.3. The lowest BCUT2D eigenvalue weighted by Gasteiger charge is -2.16. The molecule has 1 heterocycles. The number of methoxy groups -OCH3 is 1. The van der Waals surface area contributed by atoms with Crippen molar-refractivity contribution in [3.05, 3.63) is 69.0 Å². The van der Waals surface area contributed by atoms with Crippen molar-refractivity contribution in [3.8, 4) is 28.8 Å². The molecule has 2 aromatic carbocycles. The van der Waals surface area contributed by atoms with Crippen LogP contribution in [0.5, 0.6) is 11.5 Å². The Morgan fingerprint density at radius 1 is 1.29 bits per heavy atom. The summed E-state index contributed by atoms with van der Waals surface area (Å²) in [6.07, 6.45) is 1.79. The van der Waals surface area contributed by atoms with Gasteiger partial charge in [0, 0.05) is 10.6 Å². The molecule has 0 bridgehead atoms. The molecule has 1 aromatic heterocycles. The summed E-state index contributed by atoms with van der Waals surface area (Å²) in [5.41, 5.74) is 1.03. The lowest BCUT2D eigenvalue weighted by atomic mass is 10.1. The third-order valence-electron chi connectivity index (χ3n) is 3.93. The molecule has 0 aliphatic heterocycles. The fourth-order valence-electron chi connectivity index (χ4n) is 2.64. The molecule has 0 radical (unpaired) electrons. The molecule has 1 N–H and O–H groups in total. The molecular weight excluding hydrogens is 398 g/mol. The first-order chi connectivity index (χ1) is 13.6. The van der Waals surface area contributed by atoms with Crippen LogP contribution >= 0.6 is 23.4 Å². The highest BCUT2D eigenvalue weighted by atomic mass is 35.5. The minimum absolute atomic E-state index is 0.0846. The van der Waals surface area contributed by atoms with Gasteiger partial charge < -0.3 is 14.5 Å². The van der Waals surface area contributed by atoms with E-state index in [1.165, 1.54) is 18.9 Å². The Bertz CT molecular complexity index is 1110. The molecule has 142 valence electrons. The number of hydrogen-bond acceptors (Lipinski definition) is 6. The molecule has 0 unspecified atom stereocenters. The number of hydrogen-bond donors (Lipinski definition) is 1. The van der Waals surface area contributed by atoms with Crippen molar-refractivity contribution in [2.75, 3.05) is 13.4 Å². The minimum atomic E-state index is -0.500. The van der Waals surface area contributed by atoms with Crippen molar-refractivity contribution in [2.24, 2.45) is 0 Å². The number of benzene rings is 2. The summed E-state index contributed by atoms with van der Waals surface area (Å²) in [6, 6.07) is 14.5. The van der Waals surface area contributed by atoms with Gasteiger partial charge in [-0.3, -0.25) is 4.79 Å². The van der Waals surface area contributed by atoms with Crippen molar-refractivity contribution in [3.63, 3.8) is 0 Å². The number of thioether (sulfide) groups is 1. The average Bonchev–Trinajstić information content (AvgIpc) is 2.71. The van der Waals surface area contributed by atoms with Crippen molar-refractivity contribution in [1.82, 2.24) is 9.97 Å². The number of aromatic amines is 1. The molecule has 0 atom stereocenters. The molecule has 0 amide bonds. The monoisotopic (exact) mass is 413 g/mol. The standard InChI is InChI=1S/C20H16ClN3O3S/c1-26-16-8-4-7-14(17-15(10-22)19(25)24-20(23-17)28-2)18(16)27-11-12-5-3-6-13(21)9-12/h3-9H,11H2,1-2H3,(H,23,24,25). The van der Waals surface area contributed by atoms with Gasteiger partial charge in [-0.15, -0.1) is 0 Å². The number of H-pyrrole nitrogens is 1. The zero-order valence-corrected chi connectivity index (χ0v) is 16.7. The van der Waals surface area contributed by atoms with Crippen LogP contribution in [-0.2, 0) is 6.61 Å². The Kier molecular flexibility index (Phi) is 6.24. The van der Waals surface area contributed by atoms with E-state index in [4.69, 9.17) is 21.1 Å². The van der Waals surface area contributed by atoms with Crippen molar-refractivity contribution in [2.45, 2.75) is 11.8 Å². The molecule has 0 aliphatic carbocycles. The number of halogens is 1. The average molecular weight is 414 g/mol. The largest absolute Gasteiger partial charge is 0.493 e. The summed E-state index contributed by atoms with van der Waals surface area (Å²) in [5, 5.41) is 10.5. The number of aromatic nitrogens is 2. The van der Waals surface area contributed by atoms with E-state index in [2.05, 4.69) is 9.97 Å². The molecule has 8 heteroatoms. The predicted molar refractivity (Wildman–Crippen MR) is 109 cm³/mol. The van der Waals surface area contributed by atoms with Crippen molar-refractivity contribution < 1.29 is 9.47 Å². The van der Waals surface area contributed by atoms with Crippen LogP contribution in [0.3, 0.4) is 0 Å². The van der Waals surface area contributed by atoms with Gasteiger partial charge in [0.15, 0.2) is 16.7 Å². The summed E-state index contributed by atoms with van der Waals surface area (Å²) in [6.45, 7) is 0.231. The van der Waals surface area contributed by atoms with Crippen LogP contribution in [0.1, 0.15) is 11.1 Å². The summed E-state index contributed by atoms with van der Waals surface area (Å²) in [7, 11) is 1.52. The van der Waals surface area contributed by atoms with Gasteiger partial charge in [-0.05, 0) is 36.1 Å². The van der Waals surface area contributed by atoms with Crippen LogP contribution in [0.25, 0.3) is 11.3 Å². The Hall–Kier alpha value is -2.95. The Balaban J connectivity index is 2.11. The summed E-state index contributed by atoms with van der Waals surface area (Å²) in [5.74, 6) is 0.864. The summed E-state index contributed by atoms with van der Waals surface area (Å²) < 4.78 is 11.4. The molecule has 3 rings (SSSR count). The van der Waals surface area contributed by atoms with Crippen LogP contribution in [0.2, 0.25) is 5.02 Å². The van der Waals surface area contributed by atoms with E-state index in [-0.39, 0.29) is 17.9 Å². The van der Waals surface area contributed by atoms with E-state index in [9.17, 15) is 10.1 Å². The van der Waals surface area contributed by atoms with Crippen LogP contribution in [-0.4, -0.2) is 23.3 Å². The van der Waals surface area contributed by atoms with E-state index in [0.29, 0.717) is 27.2 Å². The van der Waals surface area contributed by atoms with E-state index >= 15 is 0 Å². The molecule has 28 heavy (non-hydrogen) atoms. The van der Waals surface area contributed by atoms with Gasteiger partial charge in [0.25, 0.3) is 5.56 Å².